The minimum atomic E-state index is -0.470. The number of hydrogen-bond donors (Lipinski definition) is 0. The lowest BCUT2D eigenvalue weighted by atomic mass is 10.1. The van der Waals surface area contributed by atoms with Gasteiger partial charge in [0.2, 0.25) is 0 Å². The molecule has 1 aromatic rings. The number of esters is 1. The molecule has 0 amide bonds. The Kier molecular flexibility index (Phi) is 5.06. The van der Waals surface area contributed by atoms with Crippen LogP contribution in [0.1, 0.15) is 49.3 Å². The van der Waals surface area contributed by atoms with E-state index in [0.29, 0.717) is 25.3 Å². The number of carbonyl (C=O) groups excluding carboxylic acids is 1. The first-order valence-corrected chi connectivity index (χ1v) is 5.78. The number of aromatic nitrogens is 3. The van der Waals surface area contributed by atoms with E-state index in [-0.39, 0.29) is 11.6 Å². The molecule has 96 valence electrons. The van der Waals surface area contributed by atoms with Gasteiger partial charge in [-0.05, 0) is 19.3 Å². The van der Waals surface area contributed by atoms with E-state index in [1.54, 1.807) is 11.6 Å². The first kappa shape index (κ1) is 13.6. The summed E-state index contributed by atoms with van der Waals surface area (Å²) in [5.74, 6) is -0.383. The fourth-order valence-corrected chi connectivity index (χ4v) is 1.61. The number of halogens is 1. The predicted octanol–water partition coefficient (Wildman–Crippen LogP) is 1.94. The van der Waals surface area contributed by atoms with Gasteiger partial charge in [-0.3, -0.25) is 4.39 Å². The lowest BCUT2D eigenvalue weighted by molar-refractivity contribution is 0.0517. The summed E-state index contributed by atoms with van der Waals surface area (Å²) in [7, 11) is 0. The molecule has 0 aliphatic carbocycles. The van der Waals surface area contributed by atoms with E-state index in [1.807, 2.05) is 13.8 Å². The highest BCUT2D eigenvalue weighted by Crippen LogP contribution is 2.18. The van der Waals surface area contributed by atoms with Gasteiger partial charge >= 0.3 is 5.97 Å². The van der Waals surface area contributed by atoms with Crippen LogP contribution in [0.2, 0.25) is 0 Å². The van der Waals surface area contributed by atoms with Crippen molar-refractivity contribution in [3.8, 4) is 0 Å². The molecule has 0 saturated heterocycles. The number of carbonyl (C=O) groups is 1. The van der Waals surface area contributed by atoms with Crippen molar-refractivity contribution >= 4 is 5.97 Å². The van der Waals surface area contributed by atoms with Gasteiger partial charge in [-0.1, -0.05) is 19.1 Å². The summed E-state index contributed by atoms with van der Waals surface area (Å²) in [5, 5.41) is 7.70. The molecule has 1 rings (SSSR count). The number of alkyl halides is 1. The van der Waals surface area contributed by atoms with Gasteiger partial charge in [-0.2, -0.15) is 0 Å². The van der Waals surface area contributed by atoms with Crippen molar-refractivity contribution < 1.29 is 13.9 Å². The summed E-state index contributed by atoms with van der Waals surface area (Å²) in [5.41, 5.74) is 0.942. The zero-order chi connectivity index (χ0) is 12.8. The molecule has 6 heteroatoms. The Morgan fingerprint density at radius 1 is 1.53 bits per heavy atom. The van der Waals surface area contributed by atoms with E-state index in [0.717, 1.165) is 0 Å². The third kappa shape index (κ3) is 3.25. The van der Waals surface area contributed by atoms with Crippen LogP contribution in [-0.4, -0.2) is 34.2 Å². The molecule has 1 heterocycles. The predicted molar refractivity (Wildman–Crippen MR) is 60.7 cm³/mol. The first-order chi connectivity index (χ1) is 8.11. The minimum absolute atomic E-state index is 0.0871. The maximum atomic E-state index is 12.1. The molecular weight excluding hydrogens is 225 g/mol. The Morgan fingerprint density at radius 2 is 2.24 bits per heavy atom. The topological polar surface area (TPSA) is 57.0 Å². The summed E-state index contributed by atoms with van der Waals surface area (Å²) >= 11 is 0. The number of nitrogens with zero attached hydrogens (tertiary/aromatic N) is 3. The third-order valence-corrected chi connectivity index (χ3v) is 2.29. The molecule has 0 spiro atoms. The van der Waals surface area contributed by atoms with Crippen molar-refractivity contribution in [2.45, 2.75) is 39.7 Å². The van der Waals surface area contributed by atoms with Crippen molar-refractivity contribution in [1.29, 1.82) is 0 Å². The van der Waals surface area contributed by atoms with E-state index in [1.165, 1.54) is 0 Å². The quantitative estimate of drug-likeness (QED) is 0.716. The van der Waals surface area contributed by atoms with E-state index in [9.17, 15) is 9.18 Å². The molecule has 0 N–H and O–H groups in total. The number of rotatable bonds is 6. The molecule has 0 fully saturated rings. The number of ether oxygens (including phenoxy) is 1. The van der Waals surface area contributed by atoms with Gasteiger partial charge in [0.1, 0.15) is 0 Å². The Bertz CT molecular complexity index is 377. The summed E-state index contributed by atoms with van der Waals surface area (Å²) < 4.78 is 18.6. The molecule has 0 aromatic carbocycles. The van der Waals surface area contributed by atoms with Gasteiger partial charge in [0.25, 0.3) is 0 Å². The van der Waals surface area contributed by atoms with Gasteiger partial charge in [-0.25, -0.2) is 9.48 Å². The summed E-state index contributed by atoms with van der Waals surface area (Å²) in [6.45, 7) is 5.93. The lowest BCUT2D eigenvalue weighted by Gasteiger charge is -2.09. The highest BCUT2D eigenvalue weighted by molar-refractivity contribution is 5.88. The molecule has 0 atom stereocenters. The molecular formula is C11H18FN3O2. The van der Waals surface area contributed by atoms with Crippen molar-refractivity contribution in [3.63, 3.8) is 0 Å². The van der Waals surface area contributed by atoms with Crippen LogP contribution in [0, 0.1) is 0 Å². The van der Waals surface area contributed by atoms with Crippen molar-refractivity contribution in [1.82, 2.24) is 15.0 Å². The highest BCUT2D eigenvalue weighted by atomic mass is 19.1. The maximum absolute atomic E-state index is 12.1. The summed E-state index contributed by atoms with van der Waals surface area (Å²) in [6, 6.07) is 0. The summed E-state index contributed by atoms with van der Waals surface area (Å²) in [6.07, 6.45) is 0.366. The summed E-state index contributed by atoms with van der Waals surface area (Å²) in [4.78, 5) is 11.6. The zero-order valence-electron chi connectivity index (χ0n) is 10.4. The molecule has 1 aromatic heterocycles. The van der Waals surface area contributed by atoms with Crippen molar-refractivity contribution in [2.24, 2.45) is 0 Å². The van der Waals surface area contributed by atoms with Gasteiger partial charge in [0.15, 0.2) is 5.69 Å². The van der Waals surface area contributed by atoms with Crippen LogP contribution in [0.15, 0.2) is 0 Å². The van der Waals surface area contributed by atoms with E-state index in [2.05, 4.69) is 10.3 Å². The fourth-order valence-electron chi connectivity index (χ4n) is 1.61. The van der Waals surface area contributed by atoms with Crippen LogP contribution in [0.3, 0.4) is 0 Å². The number of hydrogen-bond acceptors (Lipinski definition) is 4. The Hall–Kier alpha value is -1.46. The molecule has 0 saturated carbocycles. The van der Waals surface area contributed by atoms with Crippen LogP contribution in [0.5, 0.6) is 0 Å². The van der Waals surface area contributed by atoms with Crippen LogP contribution < -0.4 is 0 Å². The van der Waals surface area contributed by atoms with Crippen LogP contribution in [0.4, 0.5) is 4.39 Å². The van der Waals surface area contributed by atoms with Gasteiger partial charge < -0.3 is 4.74 Å². The molecule has 0 radical (unpaired) electrons. The Balaban J connectivity index is 2.97. The lowest BCUT2D eigenvalue weighted by Crippen LogP contribution is -2.12. The van der Waals surface area contributed by atoms with Gasteiger partial charge in [0.05, 0.1) is 19.0 Å². The molecule has 0 aliphatic rings. The second-order valence-electron chi connectivity index (χ2n) is 3.96. The molecule has 5 nitrogen and oxygen atoms in total. The fraction of sp³-hybridized carbons (Fsp3) is 0.727. The van der Waals surface area contributed by atoms with Gasteiger partial charge in [0, 0.05) is 6.54 Å². The zero-order valence-corrected chi connectivity index (χ0v) is 10.4. The SMILES string of the molecule is CCOC(=O)c1nnn(CCCF)c1C(C)C. The van der Waals surface area contributed by atoms with Gasteiger partial charge in [-0.15, -0.1) is 5.10 Å². The maximum Gasteiger partial charge on any atom is 0.360 e. The molecule has 0 aliphatic heterocycles. The number of aryl methyl sites for hydroxylation is 1. The van der Waals surface area contributed by atoms with Crippen LogP contribution in [0.25, 0.3) is 0 Å². The average Bonchev–Trinajstić information content (AvgIpc) is 2.70. The Labute approximate surface area is 100.0 Å². The second-order valence-corrected chi connectivity index (χ2v) is 3.96. The van der Waals surface area contributed by atoms with Crippen LogP contribution in [-0.2, 0) is 11.3 Å². The average molecular weight is 243 g/mol. The molecule has 0 unspecified atom stereocenters. The largest absolute Gasteiger partial charge is 0.461 e. The first-order valence-electron chi connectivity index (χ1n) is 5.78. The van der Waals surface area contributed by atoms with Crippen molar-refractivity contribution in [3.05, 3.63) is 11.4 Å². The molecule has 0 bridgehead atoms. The van der Waals surface area contributed by atoms with Crippen molar-refractivity contribution in [2.75, 3.05) is 13.3 Å². The van der Waals surface area contributed by atoms with E-state index in [4.69, 9.17) is 4.74 Å². The second kappa shape index (κ2) is 6.32. The van der Waals surface area contributed by atoms with E-state index >= 15 is 0 Å². The monoisotopic (exact) mass is 243 g/mol. The standard InChI is InChI=1S/C11H18FN3O2/c1-4-17-11(16)9-10(8(2)3)15(14-13-9)7-5-6-12/h8H,4-7H2,1-3H3. The minimum Gasteiger partial charge on any atom is -0.461 e. The smallest absolute Gasteiger partial charge is 0.360 e. The highest BCUT2D eigenvalue weighted by Gasteiger charge is 2.22. The third-order valence-electron chi connectivity index (χ3n) is 2.29. The molecule has 17 heavy (non-hydrogen) atoms. The van der Waals surface area contributed by atoms with Crippen LogP contribution >= 0.6 is 0 Å². The van der Waals surface area contributed by atoms with E-state index < -0.39 is 12.6 Å². The normalized spacial score (nSPS) is 10.9. The Morgan fingerprint density at radius 3 is 2.76 bits per heavy atom.